The maximum Gasteiger partial charge on any atom is 0.280 e. The summed E-state index contributed by atoms with van der Waals surface area (Å²) in [6.07, 6.45) is -1.29. The number of nitrogens with zero attached hydrogens (tertiary/aromatic N) is 2. The fourth-order valence-electron chi connectivity index (χ4n) is 1.53. The number of benzene rings is 1. The zero-order chi connectivity index (χ0) is 14.0. The first-order valence-electron chi connectivity index (χ1n) is 5.17. The first-order chi connectivity index (χ1) is 9.01. The molecule has 2 nitrogen and oxygen atoms in total. The molecule has 0 atom stereocenters. The highest BCUT2D eigenvalue weighted by molar-refractivity contribution is 9.08. The third-order valence-electron chi connectivity index (χ3n) is 2.37. The van der Waals surface area contributed by atoms with Gasteiger partial charge >= 0.3 is 0 Å². The van der Waals surface area contributed by atoms with E-state index in [1.54, 1.807) is 18.2 Å². The number of hydrogen-bond donors (Lipinski definition) is 0. The molecule has 0 amide bonds. The molecule has 0 radical (unpaired) electrons. The molecule has 2 aromatic rings. The molecule has 0 saturated carbocycles. The van der Waals surface area contributed by atoms with Crippen molar-refractivity contribution in [2.75, 3.05) is 0 Å². The summed E-state index contributed by atoms with van der Waals surface area (Å²) < 4.78 is 25.8. The fourth-order valence-corrected chi connectivity index (χ4v) is 2.49. The van der Waals surface area contributed by atoms with Crippen molar-refractivity contribution in [2.45, 2.75) is 11.8 Å². The van der Waals surface area contributed by atoms with E-state index in [1.807, 2.05) is 0 Å². The molecule has 0 spiro atoms. The first kappa shape index (κ1) is 14.6. The molecule has 0 aliphatic carbocycles. The van der Waals surface area contributed by atoms with Crippen LogP contribution in [0.3, 0.4) is 0 Å². The summed E-state index contributed by atoms with van der Waals surface area (Å²) in [5.41, 5.74) is 0.561. The van der Waals surface area contributed by atoms with Gasteiger partial charge in [-0.3, -0.25) is 0 Å². The molecule has 1 aromatic heterocycles. The van der Waals surface area contributed by atoms with Crippen molar-refractivity contribution in [2.24, 2.45) is 0 Å². The Bertz CT molecular complexity index is 588. The van der Waals surface area contributed by atoms with E-state index in [0.717, 1.165) is 0 Å². The lowest BCUT2D eigenvalue weighted by Gasteiger charge is -2.08. The van der Waals surface area contributed by atoms with Gasteiger partial charge in [0.15, 0.2) is 5.82 Å². The molecule has 100 valence electrons. The van der Waals surface area contributed by atoms with Crippen LogP contribution in [0, 0.1) is 0 Å². The second-order valence-electron chi connectivity index (χ2n) is 3.70. The second kappa shape index (κ2) is 6.11. The van der Waals surface area contributed by atoms with Gasteiger partial charge in [0.05, 0.1) is 0 Å². The molecule has 0 unspecified atom stereocenters. The van der Waals surface area contributed by atoms with E-state index in [0.29, 0.717) is 21.2 Å². The van der Waals surface area contributed by atoms with Gasteiger partial charge in [0.25, 0.3) is 6.43 Å². The number of rotatable bonds is 3. The number of halogens is 5. The lowest BCUT2D eigenvalue weighted by atomic mass is 10.2. The van der Waals surface area contributed by atoms with Crippen LogP contribution in [0.2, 0.25) is 10.0 Å². The normalized spacial score (nSPS) is 11.1. The molecular formula is C12H7BrCl2F2N2. The summed E-state index contributed by atoms with van der Waals surface area (Å²) in [6, 6.07) is 4.70. The predicted octanol–water partition coefficient (Wildman–Crippen LogP) is 5.28. The molecule has 0 N–H and O–H groups in total. The zero-order valence-corrected chi connectivity index (χ0v) is 12.5. The maximum absolute atomic E-state index is 12.9. The molecule has 1 heterocycles. The molecule has 0 saturated heterocycles. The Balaban J connectivity index is 2.53. The van der Waals surface area contributed by atoms with Crippen molar-refractivity contribution in [1.82, 2.24) is 9.97 Å². The van der Waals surface area contributed by atoms with E-state index in [2.05, 4.69) is 25.9 Å². The monoisotopic (exact) mass is 366 g/mol. The quantitative estimate of drug-likeness (QED) is 0.689. The van der Waals surface area contributed by atoms with Gasteiger partial charge in [-0.1, -0.05) is 39.1 Å². The van der Waals surface area contributed by atoms with Gasteiger partial charge in [-0.05, 0) is 18.2 Å². The summed E-state index contributed by atoms with van der Waals surface area (Å²) in [5, 5.41) is 1.06. The zero-order valence-electron chi connectivity index (χ0n) is 9.38. The summed E-state index contributed by atoms with van der Waals surface area (Å²) in [4.78, 5) is 7.94. The lowest BCUT2D eigenvalue weighted by molar-refractivity contribution is 0.145. The third-order valence-corrected chi connectivity index (χ3v) is 3.41. The molecule has 0 aliphatic rings. The Hall–Kier alpha value is -0.780. The minimum absolute atomic E-state index is 0.171. The average Bonchev–Trinajstić information content (AvgIpc) is 2.36. The number of hydrogen-bond acceptors (Lipinski definition) is 2. The van der Waals surface area contributed by atoms with E-state index in [1.165, 1.54) is 6.20 Å². The van der Waals surface area contributed by atoms with Crippen molar-refractivity contribution in [3.05, 3.63) is 45.7 Å². The van der Waals surface area contributed by atoms with Crippen molar-refractivity contribution in [3.8, 4) is 11.4 Å². The van der Waals surface area contributed by atoms with Crippen LogP contribution < -0.4 is 0 Å². The van der Waals surface area contributed by atoms with Gasteiger partial charge in [-0.15, -0.1) is 0 Å². The van der Waals surface area contributed by atoms with E-state index in [9.17, 15) is 8.78 Å². The van der Waals surface area contributed by atoms with E-state index in [4.69, 9.17) is 23.2 Å². The van der Waals surface area contributed by atoms with Crippen molar-refractivity contribution >= 4 is 39.1 Å². The van der Waals surface area contributed by atoms with Crippen molar-refractivity contribution in [3.63, 3.8) is 0 Å². The molecular weight excluding hydrogens is 361 g/mol. The average molecular weight is 368 g/mol. The molecule has 0 fully saturated rings. The highest BCUT2D eigenvalue weighted by atomic mass is 79.9. The van der Waals surface area contributed by atoms with Gasteiger partial charge in [0.2, 0.25) is 0 Å². The van der Waals surface area contributed by atoms with Crippen molar-refractivity contribution in [1.29, 1.82) is 0 Å². The highest BCUT2D eigenvalue weighted by Crippen LogP contribution is 2.28. The minimum atomic E-state index is -2.66. The summed E-state index contributed by atoms with van der Waals surface area (Å²) in [5.74, 6) is 0.171. The maximum atomic E-state index is 12.9. The van der Waals surface area contributed by atoms with Gasteiger partial charge in [0.1, 0.15) is 5.69 Å². The molecule has 7 heteroatoms. The Morgan fingerprint density at radius 2 is 1.79 bits per heavy atom. The third kappa shape index (κ3) is 3.41. The fraction of sp³-hybridized carbons (Fsp3) is 0.167. The smallest absolute Gasteiger partial charge is 0.236 e. The van der Waals surface area contributed by atoms with Gasteiger partial charge in [-0.25, -0.2) is 18.7 Å². The van der Waals surface area contributed by atoms with Crippen LogP contribution in [0.5, 0.6) is 0 Å². The van der Waals surface area contributed by atoms with Crippen LogP contribution in [-0.4, -0.2) is 9.97 Å². The predicted molar refractivity (Wildman–Crippen MR) is 75.1 cm³/mol. The highest BCUT2D eigenvalue weighted by Gasteiger charge is 2.16. The molecule has 2 rings (SSSR count). The topological polar surface area (TPSA) is 25.8 Å². The summed E-state index contributed by atoms with van der Waals surface area (Å²) in [6.45, 7) is 0. The number of alkyl halides is 3. The van der Waals surface area contributed by atoms with Crippen LogP contribution in [0.25, 0.3) is 11.4 Å². The van der Waals surface area contributed by atoms with E-state index in [-0.39, 0.29) is 16.8 Å². The Morgan fingerprint density at radius 1 is 1.16 bits per heavy atom. The first-order valence-corrected chi connectivity index (χ1v) is 7.05. The van der Waals surface area contributed by atoms with E-state index >= 15 is 0 Å². The molecule has 19 heavy (non-hydrogen) atoms. The molecule has 1 aromatic carbocycles. The van der Waals surface area contributed by atoms with E-state index < -0.39 is 6.43 Å². The van der Waals surface area contributed by atoms with Crippen LogP contribution in [0.1, 0.15) is 17.7 Å². The Labute approximate surface area is 126 Å². The Kier molecular flexibility index (Phi) is 4.71. The molecule has 0 aliphatic heterocycles. The second-order valence-corrected chi connectivity index (χ2v) is 5.13. The van der Waals surface area contributed by atoms with Gasteiger partial charge in [-0.2, -0.15) is 0 Å². The minimum Gasteiger partial charge on any atom is -0.236 e. The van der Waals surface area contributed by atoms with Crippen LogP contribution in [0.4, 0.5) is 8.78 Å². The standard InChI is InChI=1S/C12H7BrCl2F2N2/c13-4-7-5-18-12(19-10(7)11(16)17)6-1-8(14)3-9(15)2-6/h1-3,5,11H,4H2. The summed E-state index contributed by atoms with van der Waals surface area (Å²) in [7, 11) is 0. The van der Waals surface area contributed by atoms with Crippen LogP contribution >= 0.6 is 39.1 Å². The molecule has 0 bridgehead atoms. The van der Waals surface area contributed by atoms with Crippen LogP contribution in [-0.2, 0) is 5.33 Å². The van der Waals surface area contributed by atoms with Crippen molar-refractivity contribution < 1.29 is 8.78 Å². The van der Waals surface area contributed by atoms with Crippen LogP contribution in [0.15, 0.2) is 24.4 Å². The lowest BCUT2D eigenvalue weighted by Crippen LogP contribution is -2.01. The van der Waals surface area contributed by atoms with Gasteiger partial charge in [0, 0.05) is 32.7 Å². The largest absolute Gasteiger partial charge is 0.280 e. The number of aromatic nitrogens is 2. The SMILES string of the molecule is FC(F)c1nc(-c2cc(Cl)cc(Cl)c2)ncc1CBr. The Morgan fingerprint density at radius 3 is 2.32 bits per heavy atom. The summed E-state index contributed by atoms with van der Waals surface area (Å²) >= 11 is 14.9. The van der Waals surface area contributed by atoms with Gasteiger partial charge < -0.3 is 0 Å².